The molecule has 3 rings (SSSR count). The van der Waals surface area contributed by atoms with Crippen LogP contribution in [0.3, 0.4) is 0 Å². The van der Waals surface area contributed by atoms with E-state index in [1.54, 1.807) is 13.3 Å². The number of aromatic nitrogens is 2. The molecule has 22 heavy (non-hydrogen) atoms. The maximum absolute atomic E-state index is 5.64. The molecule has 0 aliphatic carbocycles. The number of nitrogen functional groups attached to an aromatic ring is 1. The van der Waals surface area contributed by atoms with Gasteiger partial charge in [-0.2, -0.15) is 0 Å². The van der Waals surface area contributed by atoms with Crippen molar-refractivity contribution in [1.29, 1.82) is 0 Å². The van der Waals surface area contributed by atoms with Gasteiger partial charge in [-0.1, -0.05) is 6.07 Å². The average Bonchev–Trinajstić information content (AvgIpc) is 2.51. The number of hydrogen-bond donors (Lipinski definition) is 1. The van der Waals surface area contributed by atoms with E-state index in [1.165, 1.54) is 16.7 Å². The quantitative estimate of drug-likeness (QED) is 0.780. The monoisotopic (exact) mass is 293 g/mol. The van der Waals surface area contributed by atoms with Crippen molar-refractivity contribution in [1.82, 2.24) is 9.97 Å². The predicted octanol–water partition coefficient (Wildman–Crippen LogP) is 3.81. The molecule has 0 aliphatic rings. The molecule has 0 bridgehead atoms. The molecule has 0 saturated carbocycles. The van der Waals surface area contributed by atoms with Crippen molar-refractivity contribution >= 4 is 16.9 Å². The minimum atomic E-state index is 0.296. The van der Waals surface area contributed by atoms with E-state index in [1.807, 2.05) is 6.07 Å². The van der Waals surface area contributed by atoms with Crippen LogP contribution >= 0.6 is 0 Å². The molecule has 112 valence electrons. The largest absolute Gasteiger partial charge is 0.496 e. The first-order chi connectivity index (χ1) is 10.5. The molecule has 1 heterocycles. The molecule has 0 aliphatic heterocycles. The molecule has 0 atom stereocenters. The fourth-order valence-electron chi connectivity index (χ4n) is 2.86. The number of anilines is 1. The SMILES string of the molecule is COc1cc(C)c(C)c(-c2ccc3nc(N)ncc3c2)c1C. The second kappa shape index (κ2) is 5.30. The van der Waals surface area contributed by atoms with E-state index in [9.17, 15) is 0 Å². The molecule has 4 nitrogen and oxygen atoms in total. The van der Waals surface area contributed by atoms with Crippen LogP contribution in [-0.4, -0.2) is 17.1 Å². The van der Waals surface area contributed by atoms with Crippen LogP contribution in [0.25, 0.3) is 22.0 Å². The van der Waals surface area contributed by atoms with Crippen molar-refractivity contribution in [2.24, 2.45) is 0 Å². The lowest BCUT2D eigenvalue weighted by Gasteiger charge is -2.17. The van der Waals surface area contributed by atoms with Gasteiger partial charge in [0.25, 0.3) is 0 Å². The summed E-state index contributed by atoms with van der Waals surface area (Å²) < 4.78 is 5.50. The zero-order valence-corrected chi connectivity index (χ0v) is 13.3. The van der Waals surface area contributed by atoms with Crippen molar-refractivity contribution in [2.45, 2.75) is 20.8 Å². The van der Waals surface area contributed by atoms with Crippen LogP contribution < -0.4 is 10.5 Å². The van der Waals surface area contributed by atoms with Gasteiger partial charge in [0.05, 0.1) is 12.6 Å². The van der Waals surface area contributed by atoms with Crippen molar-refractivity contribution in [2.75, 3.05) is 12.8 Å². The summed E-state index contributed by atoms with van der Waals surface area (Å²) in [5.74, 6) is 1.21. The molecule has 0 radical (unpaired) electrons. The van der Waals surface area contributed by atoms with Gasteiger partial charge in [-0.15, -0.1) is 0 Å². The minimum Gasteiger partial charge on any atom is -0.496 e. The first-order valence-electron chi connectivity index (χ1n) is 7.18. The second-order valence-electron chi connectivity index (χ2n) is 5.52. The zero-order valence-electron chi connectivity index (χ0n) is 13.3. The Hall–Kier alpha value is -2.62. The van der Waals surface area contributed by atoms with Crippen molar-refractivity contribution in [3.63, 3.8) is 0 Å². The van der Waals surface area contributed by atoms with Gasteiger partial charge >= 0.3 is 0 Å². The smallest absolute Gasteiger partial charge is 0.220 e. The Morgan fingerprint density at radius 3 is 2.55 bits per heavy atom. The number of nitrogens with zero attached hydrogens (tertiary/aromatic N) is 2. The van der Waals surface area contributed by atoms with Crippen LogP contribution in [0.2, 0.25) is 0 Å². The topological polar surface area (TPSA) is 61.0 Å². The summed E-state index contributed by atoms with van der Waals surface area (Å²) in [6.07, 6.45) is 1.76. The van der Waals surface area contributed by atoms with Gasteiger partial charge < -0.3 is 10.5 Å². The summed E-state index contributed by atoms with van der Waals surface area (Å²) in [5.41, 5.74) is 12.4. The maximum Gasteiger partial charge on any atom is 0.220 e. The maximum atomic E-state index is 5.64. The number of methoxy groups -OCH3 is 1. The standard InChI is InChI=1S/C18H19N3O/c1-10-7-16(22-4)12(3)17(11(10)2)13-5-6-15-14(8-13)9-20-18(19)21-15/h5-9H,1-4H3,(H2,19,20,21). The first kappa shape index (κ1) is 14.3. The highest BCUT2D eigenvalue weighted by molar-refractivity contribution is 5.86. The van der Waals surface area contributed by atoms with Gasteiger partial charge in [0.2, 0.25) is 5.95 Å². The number of nitrogens with two attached hydrogens (primary N) is 1. The molecule has 0 fully saturated rings. The predicted molar refractivity (Wildman–Crippen MR) is 90.1 cm³/mol. The molecule has 1 aromatic heterocycles. The van der Waals surface area contributed by atoms with E-state index in [2.05, 4.69) is 48.9 Å². The van der Waals surface area contributed by atoms with Crippen LogP contribution in [0.15, 0.2) is 30.5 Å². The van der Waals surface area contributed by atoms with Crippen LogP contribution in [0.4, 0.5) is 5.95 Å². The van der Waals surface area contributed by atoms with Crippen LogP contribution in [-0.2, 0) is 0 Å². The van der Waals surface area contributed by atoms with Crippen molar-refractivity contribution < 1.29 is 4.74 Å². The second-order valence-corrected chi connectivity index (χ2v) is 5.52. The summed E-state index contributed by atoms with van der Waals surface area (Å²) >= 11 is 0. The number of ether oxygens (including phenoxy) is 1. The summed E-state index contributed by atoms with van der Waals surface area (Å²) in [6.45, 7) is 6.33. The molecule has 4 heteroatoms. The average molecular weight is 293 g/mol. The molecular weight excluding hydrogens is 274 g/mol. The van der Waals surface area contributed by atoms with Crippen molar-refractivity contribution in [3.8, 4) is 16.9 Å². The Labute approximate surface area is 130 Å². The third-order valence-electron chi connectivity index (χ3n) is 4.17. The minimum absolute atomic E-state index is 0.296. The molecule has 0 amide bonds. The number of aryl methyl sites for hydroxylation is 1. The number of benzene rings is 2. The van der Waals surface area contributed by atoms with Crippen LogP contribution in [0.5, 0.6) is 5.75 Å². The molecular formula is C18H19N3O. The lowest BCUT2D eigenvalue weighted by molar-refractivity contribution is 0.411. The Morgan fingerprint density at radius 2 is 1.82 bits per heavy atom. The molecule has 0 saturated heterocycles. The van der Waals surface area contributed by atoms with Gasteiger partial charge in [-0.05, 0) is 66.8 Å². The Balaban J connectivity index is 2.27. The lowest BCUT2D eigenvalue weighted by Crippen LogP contribution is -1.97. The van der Waals surface area contributed by atoms with E-state index in [4.69, 9.17) is 10.5 Å². The molecule has 2 aromatic carbocycles. The fourth-order valence-corrected chi connectivity index (χ4v) is 2.86. The van der Waals surface area contributed by atoms with E-state index in [0.29, 0.717) is 5.95 Å². The van der Waals surface area contributed by atoms with Gasteiger partial charge in [0, 0.05) is 11.6 Å². The third-order valence-corrected chi connectivity index (χ3v) is 4.17. The Bertz CT molecular complexity index is 872. The Kier molecular flexibility index (Phi) is 3.45. The molecule has 3 aromatic rings. The summed E-state index contributed by atoms with van der Waals surface area (Å²) in [4.78, 5) is 8.33. The fraction of sp³-hybridized carbons (Fsp3) is 0.222. The molecule has 2 N–H and O–H groups in total. The van der Waals surface area contributed by atoms with Gasteiger partial charge in [-0.25, -0.2) is 9.97 Å². The van der Waals surface area contributed by atoms with E-state index in [-0.39, 0.29) is 0 Å². The van der Waals surface area contributed by atoms with Crippen LogP contribution in [0, 0.1) is 20.8 Å². The highest BCUT2D eigenvalue weighted by Crippen LogP contribution is 2.36. The Morgan fingerprint density at radius 1 is 1.05 bits per heavy atom. The van der Waals surface area contributed by atoms with Crippen LogP contribution in [0.1, 0.15) is 16.7 Å². The highest BCUT2D eigenvalue weighted by Gasteiger charge is 2.13. The number of fused-ring (bicyclic) bond motifs is 1. The van der Waals surface area contributed by atoms with Gasteiger partial charge in [0.15, 0.2) is 0 Å². The highest BCUT2D eigenvalue weighted by atomic mass is 16.5. The van der Waals surface area contributed by atoms with E-state index < -0.39 is 0 Å². The normalized spacial score (nSPS) is 10.9. The van der Waals surface area contributed by atoms with Crippen molar-refractivity contribution in [3.05, 3.63) is 47.2 Å². The molecule has 0 unspecified atom stereocenters. The van der Waals surface area contributed by atoms with E-state index in [0.717, 1.165) is 27.8 Å². The third kappa shape index (κ3) is 2.26. The number of hydrogen-bond acceptors (Lipinski definition) is 4. The number of rotatable bonds is 2. The molecule has 0 spiro atoms. The van der Waals surface area contributed by atoms with Gasteiger partial charge in [0.1, 0.15) is 5.75 Å². The summed E-state index contributed by atoms with van der Waals surface area (Å²) in [7, 11) is 1.71. The van der Waals surface area contributed by atoms with E-state index >= 15 is 0 Å². The summed E-state index contributed by atoms with van der Waals surface area (Å²) in [5, 5.41) is 0.978. The lowest BCUT2D eigenvalue weighted by atomic mass is 9.91. The zero-order chi connectivity index (χ0) is 15.9. The summed E-state index contributed by atoms with van der Waals surface area (Å²) in [6, 6.07) is 8.24. The first-order valence-corrected chi connectivity index (χ1v) is 7.18. The van der Waals surface area contributed by atoms with Gasteiger partial charge in [-0.3, -0.25) is 0 Å².